The van der Waals surface area contributed by atoms with Crippen LogP contribution in [-0.2, 0) is 6.54 Å². The van der Waals surface area contributed by atoms with E-state index in [-0.39, 0.29) is 0 Å². The van der Waals surface area contributed by atoms with E-state index in [1.54, 1.807) is 12.5 Å². The number of rotatable bonds is 2. The van der Waals surface area contributed by atoms with Crippen molar-refractivity contribution in [1.29, 1.82) is 0 Å². The summed E-state index contributed by atoms with van der Waals surface area (Å²) in [5, 5.41) is 9.23. The molecule has 1 aliphatic heterocycles. The smallest absolute Gasteiger partial charge is 0.138 e. The molecule has 5 rings (SSSR count). The van der Waals surface area contributed by atoms with Crippen molar-refractivity contribution in [2.24, 2.45) is 0 Å². The lowest BCUT2D eigenvalue weighted by atomic mass is 9.83. The molecule has 0 aliphatic carbocycles. The van der Waals surface area contributed by atoms with Crippen LogP contribution in [0.25, 0.3) is 22.2 Å². The quantitative estimate of drug-likeness (QED) is 0.554. The van der Waals surface area contributed by atoms with Crippen molar-refractivity contribution in [3.63, 3.8) is 0 Å². The van der Waals surface area contributed by atoms with Crippen molar-refractivity contribution in [2.45, 2.75) is 12.5 Å². The molecule has 1 atom stereocenters. The highest BCUT2D eigenvalue weighted by atomic mass is 16.3. The molecule has 1 unspecified atom stereocenters. The first-order valence-electron chi connectivity index (χ1n) is 8.69. The van der Waals surface area contributed by atoms with Crippen LogP contribution in [-0.4, -0.2) is 33.7 Å². The van der Waals surface area contributed by atoms with Gasteiger partial charge in [0.2, 0.25) is 0 Å². The highest BCUT2D eigenvalue weighted by molar-refractivity contribution is 5.78. The van der Waals surface area contributed by atoms with Gasteiger partial charge in [-0.05, 0) is 48.0 Å². The molecule has 26 heavy (non-hydrogen) atoms. The third kappa shape index (κ3) is 2.57. The standard InChI is InChI=1S/C21H18N4O/c1-25-11-17-9-15(20-10-22-13-23-24-20)2-4-18(17)19(12-25)14-3-5-21-16(8-14)6-7-26-21/h2-10,13,19H,11-12H2,1H3. The fraction of sp³-hybridized carbons (Fsp3) is 0.190. The summed E-state index contributed by atoms with van der Waals surface area (Å²) in [6, 6.07) is 15.1. The summed E-state index contributed by atoms with van der Waals surface area (Å²) in [5.41, 5.74) is 6.83. The zero-order valence-electron chi connectivity index (χ0n) is 14.5. The zero-order valence-corrected chi connectivity index (χ0v) is 14.5. The van der Waals surface area contributed by atoms with Gasteiger partial charge in [0.1, 0.15) is 17.6 Å². The van der Waals surface area contributed by atoms with Crippen molar-refractivity contribution in [2.75, 3.05) is 13.6 Å². The molecule has 0 fully saturated rings. The van der Waals surface area contributed by atoms with Crippen LogP contribution in [0.4, 0.5) is 0 Å². The number of nitrogens with zero attached hydrogens (tertiary/aromatic N) is 4. The Morgan fingerprint density at radius 2 is 2.08 bits per heavy atom. The predicted octanol–water partition coefficient (Wildman–Crippen LogP) is 3.86. The number of hydrogen-bond donors (Lipinski definition) is 0. The molecule has 0 bridgehead atoms. The van der Waals surface area contributed by atoms with Crippen LogP contribution < -0.4 is 0 Å². The van der Waals surface area contributed by atoms with E-state index >= 15 is 0 Å². The third-order valence-electron chi connectivity index (χ3n) is 5.11. The second-order valence-corrected chi connectivity index (χ2v) is 6.88. The molecule has 0 spiro atoms. The van der Waals surface area contributed by atoms with Crippen molar-refractivity contribution in [1.82, 2.24) is 20.1 Å². The minimum atomic E-state index is 0.345. The van der Waals surface area contributed by atoms with Crippen molar-refractivity contribution in [3.05, 3.63) is 77.9 Å². The number of fused-ring (bicyclic) bond motifs is 2. The van der Waals surface area contributed by atoms with E-state index in [0.717, 1.165) is 35.3 Å². The summed E-state index contributed by atoms with van der Waals surface area (Å²) in [6.45, 7) is 1.93. The van der Waals surface area contributed by atoms with E-state index in [2.05, 4.69) is 63.5 Å². The molecule has 5 heteroatoms. The van der Waals surface area contributed by atoms with Crippen LogP contribution in [0.1, 0.15) is 22.6 Å². The Bertz CT molecular complexity index is 1070. The van der Waals surface area contributed by atoms with Gasteiger partial charge in [-0.3, -0.25) is 0 Å². The Balaban J connectivity index is 1.59. The molecule has 0 saturated heterocycles. The van der Waals surface area contributed by atoms with Crippen LogP contribution in [0.5, 0.6) is 0 Å². The second kappa shape index (κ2) is 6.04. The molecule has 128 valence electrons. The number of aromatic nitrogens is 3. The van der Waals surface area contributed by atoms with Crippen LogP contribution in [0.3, 0.4) is 0 Å². The normalized spacial score (nSPS) is 17.3. The number of hydrogen-bond acceptors (Lipinski definition) is 5. The maximum absolute atomic E-state index is 5.49. The molecule has 2 aromatic carbocycles. The van der Waals surface area contributed by atoms with Crippen LogP contribution >= 0.6 is 0 Å². The van der Waals surface area contributed by atoms with E-state index in [4.69, 9.17) is 4.42 Å². The van der Waals surface area contributed by atoms with Crippen molar-refractivity contribution in [3.8, 4) is 11.3 Å². The molecule has 0 saturated carbocycles. The number of likely N-dealkylation sites (N-methyl/N-ethyl adjacent to an activating group) is 1. The highest BCUT2D eigenvalue weighted by Crippen LogP contribution is 2.36. The van der Waals surface area contributed by atoms with E-state index in [1.165, 1.54) is 23.0 Å². The van der Waals surface area contributed by atoms with E-state index in [9.17, 15) is 0 Å². The summed E-state index contributed by atoms with van der Waals surface area (Å²) in [6.07, 6.45) is 4.96. The molecule has 2 aromatic heterocycles. The van der Waals surface area contributed by atoms with Gasteiger partial charge >= 0.3 is 0 Å². The average Bonchev–Trinajstić information content (AvgIpc) is 3.15. The fourth-order valence-electron chi connectivity index (χ4n) is 3.87. The van der Waals surface area contributed by atoms with Crippen molar-refractivity contribution >= 4 is 11.0 Å². The number of furan rings is 1. The van der Waals surface area contributed by atoms with Gasteiger partial charge < -0.3 is 9.32 Å². The summed E-state index contributed by atoms with van der Waals surface area (Å²) < 4.78 is 5.49. The minimum absolute atomic E-state index is 0.345. The molecule has 1 aliphatic rings. The summed E-state index contributed by atoms with van der Waals surface area (Å²) in [7, 11) is 2.17. The SMILES string of the molecule is CN1Cc2cc(-c3cncnn3)ccc2C(c2ccc3occc3c2)C1. The number of benzene rings is 2. The summed E-state index contributed by atoms with van der Waals surface area (Å²) >= 11 is 0. The molecule has 0 amide bonds. The van der Waals surface area contributed by atoms with Crippen LogP contribution in [0, 0.1) is 0 Å². The molecular weight excluding hydrogens is 324 g/mol. The van der Waals surface area contributed by atoms with Gasteiger partial charge in [0, 0.05) is 30.0 Å². The minimum Gasteiger partial charge on any atom is -0.464 e. The first-order valence-corrected chi connectivity index (χ1v) is 8.69. The summed E-state index contributed by atoms with van der Waals surface area (Å²) in [4.78, 5) is 6.45. The van der Waals surface area contributed by atoms with Crippen molar-refractivity contribution < 1.29 is 4.42 Å². The molecule has 3 heterocycles. The lowest BCUT2D eigenvalue weighted by molar-refractivity contribution is 0.295. The Morgan fingerprint density at radius 3 is 2.96 bits per heavy atom. The van der Waals surface area contributed by atoms with E-state index < -0.39 is 0 Å². The first-order chi connectivity index (χ1) is 12.8. The van der Waals surface area contributed by atoms with Gasteiger partial charge in [-0.1, -0.05) is 18.2 Å². The van der Waals surface area contributed by atoms with Gasteiger partial charge in [0.05, 0.1) is 12.5 Å². The largest absolute Gasteiger partial charge is 0.464 e. The van der Waals surface area contributed by atoms with Gasteiger partial charge in [0.15, 0.2) is 0 Å². The lowest BCUT2D eigenvalue weighted by Gasteiger charge is -2.33. The maximum Gasteiger partial charge on any atom is 0.138 e. The van der Waals surface area contributed by atoms with E-state index in [1.807, 2.05) is 6.07 Å². The average molecular weight is 342 g/mol. The van der Waals surface area contributed by atoms with Crippen LogP contribution in [0.15, 0.2) is 65.7 Å². The molecule has 0 N–H and O–H groups in total. The first kappa shape index (κ1) is 15.2. The van der Waals surface area contributed by atoms with Gasteiger partial charge in [0.25, 0.3) is 0 Å². The lowest BCUT2D eigenvalue weighted by Crippen LogP contribution is -2.31. The van der Waals surface area contributed by atoms with Crippen LogP contribution in [0.2, 0.25) is 0 Å². The summed E-state index contributed by atoms with van der Waals surface area (Å²) in [5.74, 6) is 0.345. The zero-order chi connectivity index (χ0) is 17.5. The molecule has 5 nitrogen and oxygen atoms in total. The van der Waals surface area contributed by atoms with Gasteiger partial charge in [-0.25, -0.2) is 4.98 Å². The predicted molar refractivity (Wildman–Crippen MR) is 99.7 cm³/mol. The topological polar surface area (TPSA) is 55.1 Å². The Kier molecular flexibility index (Phi) is 3.53. The second-order valence-electron chi connectivity index (χ2n) is 6.88. The van der Waals surface area contributed by atoms with Gasteiger partial charge in [-0.2, -0.15) is 0 Å². The molecule has 0 radical (unpaired) electrons. The molecular formula is C21H18N4O. The maximum atomic E-state index is 5.49. The van der Waals surface area contributed by atoms with Gasteiger partial charge in [-0.15, -0.1) is 10.2 Å². The fourth-order valence-corrected chi connectivity index (χ4v) is 3.87. The highest BCUT2D eigenvalue weighted by Gasteiger charge is 2.25. The third-order valence-corrected chi connectivity index (χ3v) is 5.11. The monoisotopic (exact) mass is 342 g/mol. The molecule has 4 aromatic rings. The Morgan fingerprint density at radius 1 is 1.12 bits per heavy atom. The van der Waals surface area contributed by atoms with E-state index in [0.29, 0.717) is 5.92 Å². The Labute approximate surface area is 151 Å². The Hall–Kier alpha value is -3.05.